The Morgan fingerprint density at radius 3 is 2.21 bits per heavy atom. The highest BCUT2D eigenvalue weighted by molar-refractivity contribution is 5.35. The molecule has 0 amide bonds. The van der Waals surface area contributed by atoms with Gasteiger partial charge in [-0.2, -0.15) is 5.10 Å². The van der Waals surface area contributed by atoms with Crippen molar-refractivity contribution in [2.24, 2.45) is 29.4 Å². The van der Waals surface area contributed by atoms with E-state index in [1.807, 2.05) is 12.1 Å². The van der Waals surface area contributed by atoms with Crippen LogP contribution in [0.1, 0.15) is 37.8 Å². The van der Waals surface area contributed by atoms with Crippen molar-refractivity contribution in [2.75, 3.05) is 5.32 Å². The number of rotatable bonds is 3. The topological polar surface area (TPSA) is 63.8 Å². The highest BCUT2D eigenvalue weighted by Crippen LogP contribution is 2.54. The van der Waals surface area contributed by atoms with Gasteiger partial charge in [-0.1, -0.05) is 0 Å². The maximum atomic E-state index is 5.56. The molecule has 5 rings (SSSR count). The molecule has 4 aliphatic carbocycles. The van der Waals surface area contributed by atoms with Crippen LogP contribution in [-0.4, -0.2) is 16.2 Å². The monoisotopic (exact) mass is 258 g/mol. The smallest absolute Gasteiger partial charge is 0.148 e. The van der Waals surface area contributed by atoms with Crippen LogP contribution >= 0.6 is 0 Å². The minimum atomic E-state index is 0.464. The highest BCUT2D eigenvalue weighted by Gasteiger charge is 2.48. The fourth-order valence-corrected chi connectivity index (χ4v) is 4.88. The first-order valence-corrected chi connectivity index (χ1v) is 7.61. The van der Waals surface area contributed by atoms with Crippen LogP contribution in [0.2, 0.25) is 0 Å². The summed E-state index contributed by atoms with van der Waals surface area (Å²) in [4.78, 5) is 0. The minimum absolute atomic E-state index is 0.464. The molecule has 4 saturated carbocycles. The molecule has 0 unspecified atom stereocenters. The Bertz CT molecular complexity index is 428. The molecule has 0 aliphatic heterocycles. The molecular weight excluding hydrogens is 236 g/mol. The van der Waals surface area contributed by atoms with Crippen LogP contribution in [-0.2, 0) is 6.54 Å². The summed E-state index contributed by atoms with van der Waals surface area (Å²) >= 11 is 0. The summed E-state index contributed by atoms with van der Waals surface area (Å²) in [7, 11) is 0. The van der Waals surface area contributed by atoms with Gasteiger partial charge < -0.3 is 11.1 Å². The molecule has 1 heterocycles. The first-order chi connectivity index (χ1) is 9.31. The molecule has 4 aliphatic rings. The van der Waals surface area contributed by atoms with Gasteiger partial charge in [-0.05, 0) is 67.9 Å². The molecule has 4 nitrogen and oxygen atoms in total. The maximum Gasteiger partial charge on any atom is 0.148 e. The van der Waals surface area contributed by atoms with E-state index in [-0.39, 0.29) is 0 Å². The first kappa shape index (κ1) is 11.6. The summed E-state index contributed by atoms with van der Waals surface area (Å²) in [6, 6.07) is 4.64. The van der Waals surface area contributed by atoms with Gasteiger partial charge in [0.25, 0.3) is 0 Å². The second-order valence-corrected chi connectivity index (χ2v) is 6.71. The number of nitrogens with two attached hydrogens (primary N) is 1. The predicted octanol–water partition coefficient (Wildman–Crippen LogP) is 2.17. The average Bonchev–Trinajstić information content (AvgIpc) is 2.43. The van der Waals surface area contributed by atoms with E-state index in [0.29, 0.717) is 12.6 Å². The van der Waals surface area contributed by atoms with E-state index in [1.165, 1.54) is 32.1 Å². The van der Waals surface area contributed by atoms with E-state index >= 15 is 0 Å². The lowest BCUT2D eigenvalue weighted by molar-refractivity contribution is 0.00739. The molecule has 0 spiro atoms. The van der Waals surface area contributed by atoms with Crippen LogP contribution in [0.4, 0.5) is 5.82 Å². The molecule has 19 heavy (non-hydrogen) atoms. The van der Waals surface area contributed by atoms with Gasteiger partial charge in [0.1, 0.15) is 5.82 Å². The summed E-state index contributed by atoms with van der Waals surface area (Å²) in [5, 5.41) is 12.1. The zero-order valence-electron chi connectivity index (χ0n) is 11.3. The second-order valence-electron chi connectivity index (χ2n) is 6.71. The largest absolute Gasteiger partial charge is 0.365 e. The second kappa shape index (κ2) is 4.44. The standard InChI is InChI=1S/C15H22N4/c16-8-13-1-2-14(19-18-13)17-15-11-4-9-3-10(6-11)7-12(15)5-9/h1-2,9-12,15H,3-8,16H2,(H,17,19). The van der Waals surface area contributed by atoms with E-state index in [4.69, 9.17) is 5.73 Å². The van der Waals surface area contributed by atoms with Crippen molar-refractivity contribution in [3.05, 3.63) is 17.8 Å². The molecule has 0 radical (unpaired) electrons. The predicted molar refractivity (Wildman–Crippen MR) is 74.4 cm³/mol. The molecule has 0 aromatic carbocycles. The van der Waals surface area contributed by atoms with Crippen LogP contribution in [0, 0.1) is 23.7 Å². The Balaban J connectivity index is 1.50. The van der Waals surface area contributed by atoms with Crippen molar-refractivity contribution in [3.63, 3.8) is 0 Å². The van der Waals surface area contributed by atoms with Gasteiger partial charge in [-0.3, -0.25) is 0 Å². The van der Waals surface area contributed by atoms with Crippen LogP contribution < -0.4 is 11.1 Å². The number of anilines is 1. The zero-order valence-corrected chi connectivity index (χ0v) is 11.3. The van der Waals surface area contributed by atoms with Crippen molar-refractivity contribution in [2.45, 2.75) is 44.7 Å². The van der Waals surface area contributed by atoms with Gasteiger partial charge in [0.2, 0.25) is 0 Å². The summed E-state index contributed by atoms with van der Waals surface area (Å²) in [5.41, 5.74) is 6.41. The van der Waals surface area contributed by atoms with Crippen molar-refractivity contribution < 1.29 is 0 Å². The Labute approximate surface area is 114 Å². The summed E-state index contributed by atoms with van der Waals surface area (Å²) in [6.07, 6.45) is 7.22. The van der Waals surface area contributed by atoms with Gasteiger partial charge in [-0.25, -0.2) is 0 Å². The zero-order chi connectivity index (χ0) is 12.8. The van der Waals surface area contributed by atoms with Crippen LogP contribution in [0.25, 0.3) is 0 Å². The van der Waals surface area contributed by atoms with Gasteiger partial charge in [0.15, 0.2) is 0 Å². The molecule has 4 bridgehead atoms. The average molecular weight is 258 g/mol. The summed E-state index contributed by atoms with van der Waals surface area (Å²) in [5.74, 6) is 4.70. The highest BCUT2D eigenvalue weighted by atomic mass is 15.2. The summed E-state index contributed by atoms with van der Waals surface area (Å²) in [6.45, 7) is 0.464. The Morgan fingerprint density at radius 2 is 1.68 bits per heavy atom. The van der Waals surface area contributed by atoms with Gasteiger partial charge in [-0.15, -0.1) is 5.10 Å². The molecular formula is C15H22N4. The Hall–Kier alpha value is -1.16. The lowest BCUT2D eigenvalue weighted by Gasteiger charge is -2.54. The first-order valence-electron chi connectivity index (χ1n) is 7.61. The molecule has 4 heteroatoms. The fourth-order valence-electron chi connectivity index (χ4n) is 4.88. The van der Waals surface area contributed by atoms with Crippen LogP contribution in [0.5, 0.6) is 0 Å². The lowest BCUT2D eigenvalue weighted by Crippen LogP contribution is -2.51. The molecule has 0 saturated heterocycles. The van der Waals surface area contributed by atoms with E-state index in [1.54, 1.807) is 0 Å². The molecule has 1 aromatic heterocycles. The van der Waals surface area contributed by atoms with Crippen LogP contribution in [0.15, 0.2) is 12.1 Å². The van der Waals surface area contributed by atoms with Crippen molar-refractivity contribution >= 4 is 5.82 Å². The van der Waals surface area contributed by atoms with Gasteiger partial charge >= 0.3 is 0 Å². The third kappa shape index (κ3) is 2.02. The molecule has 4 fully saturated rings. The van der Waals surface area contributed by atoms with Crippen molar-refractivity contribution in [3.8, 4) is 0 Å². The number of hydrogen-bond donors (Lipinski definition) is 2. The molecule has 1 aromatic rings. The van der Waals surface area contributed by atoms with Crippen molar-refractivity contribution in [1.29, 1.82) is 0 Å². The molecule has 102 valence electrons. The lowest BCUT2D eigenvalue weighted by atomic mass is 9.54. The van der Waals surface area contributed by atoms with Gasteiger partial charge in [0.05, 0.1) is 5.69 Å². The Morgan fingerprint density at radius 1 is 1.00 bits per heavy atom. The number of aromatic nitrogens is 2. The third-order valence-electron chi connectivity index (χ3n) is 5.47. The molecule has 0 atom stereocenters. The van der Waals surface area contributed by atoms with Crippen LogP contribution in [0.3, 0.4) is 0 Å². The van der Waals surface area contributed by atoms with E-state index < -0.39 is 0 Å². The van der Waals surface area contributed by atoms with E-state index in [0.717, 1.165) is 35.2 Å². The summed E-state index contributed by atoms with van der Waals surface area (Å²) < 4.78 is 0. The van der Waals surface area contributed by atoms with Crippen molar-refractivity contribution in [1.82, 2.24) is 10.2 Å². The Kier molecular flexibility index (Phi) is 2.72. The molecule has 3 N–H and O–H groups in total. The van der Waals surface area contributed by atoms with Gasteiger partial charge in [0, 0.05) is 12.6 Å². The minimum Gasteiger partial charge on any atom is -0.365 e. The van der Waals surface area contributed by atoms with E-state index in [9.17, 15) is 0 Å². The van der Waals surface area contributed by atoms with E-state index in [2.05, 4.69) is 15.5 Å². The maximum absolute atomic E-state index is 5.56. The quantitative estimate of drug-likeness (QED) is 0.872. The normalized spacial score (nSPS) is 39.5. The number of hydrogen-bond acceptors (Lipinski definition) is 4. The number of nitrogens with one attached hydrogen (secondary N) is 1. The SMILES string of the molecule is NCc1ccc(NC2C3CC4CC(C3)CC2C4)nn1. The fraction of sp³-hybridized carbons (Fsp3) is 0.733. The third-order valence-corrected chi connectivity index (χ3v) is 5.47. The number of nitrogens with zero attached hydrogens (tertiary/aromatic N) is 2.